The predicted molar refractivity (Wildman–Crippen MR) is 105 cm³/mol. The molecule has 2 rings (SSSR count). The molecule has 0 aromatic heterocycles. The van der Waals surface area contributed by atoms with E-state index in [1.807, 2.05) is 12.1 Å². The maximum atomic E-state index is 9.95. The lowest BCUT2D eigenvalue weighted by Gasteiger charge is -2.35. The Bertz CT molecular complexity index is 483. The minimum Gasteiger partial charge on any atom is -0.503 e. The Labute approximate surface area is 162 Å². The van der Waals surface area contributed by atoms with Crippen LogP contribution in [0.1, 0.15) is 44.2 Å². The SMILES string of the molecule is CCCCC[C@@H](c1cc(Cl)c(O)c(OC)c1)N1CCNCC1.Cl.Cl. The van der Waals surface area contributed by atoms with Crippen molar-refractivity contribution >= 4 is 36.4 Å². The second-order valence-electron chi connectivity index (χ2n) is 5.85. The molecular formula is C17H29Cl3N2O2. The van der Waals surface area contributed by atoms with Crippen LogP contribution in [0.5, 0.6) is 11.5 Å². The zero-order valence-corrected chi connectivity index (χ0v) is 16.8. The lowest BCUT2D eigenvalue weighted by molar-refractivity contribution is 0.162. The number of benzene rings is 1. The van der Waals surface area contributed by atoms with Gasteiger partial charge in [-0.3, -0.25) is 4.90 Å². The Morgan fingerprint density at radius 2 is 1.92 bits per heavy atom. The highest BCUT2D eigenvalue weighted by Gasteiger charge is 2.23. The lowest BCUT2D eigenvalue weighted by atomic mass is 9.97. The number of piperazine rings is 1. The van der Waals surface area contributed by atoms with E-state index in [4.69, 9.17) is 16.3 Å². The van der Waals surface area contributed by atoms with Crippen LogP contribution in [-0.2, 0) is 0 Å². The van der Waals surface area contributed by atoms with Crippen LogP contribution in [0.25, 0.3) is 0 Å². The highest BCUT2D eigenvalue weighted by Crippen LogP contribution is 2.39. The molecule has 1 saturated heterocycles. The number of aromatic hydroxyl groups is 1. The second kappa shape index (κ2) is 12.0. The van der Waals surface area contributed by atoms with Crippen LogP contribution in [0.15, 0.2) is 12.1 Å². The molecule has 0 radical (unpaired) electrons. The quantitative estimate of drug-likeness (QED) is 0.666. The summed E-state index contributed by atoms with van der Waals surface area (Å²) in [6, 6.07) is 4.15. The standard InChI is InChI=1S/C17H27ClN2O2.2ClH/c1-3-4-5-6-15(20-9-7-19-8-10-20)13-11-14(18)17(21)16(12-13)22-2;;/h11-12,15,19,21H,3-10H2,1-2H3;2*1H/t15-;;/m0../s1. The van der Waals surface area contributed by atoms with Crippen molar-refractivity contribution in [2.75, 3.05) is 33.3 Å². The smallest absolute Gasteiger partial charge is 0.176 e. The Kier molecular flexibility index (Phi) is 11.8. The number of hydrogen-bond donors (Lipinski definition) is 2. The highest BCUT2D eigenvalue weighted by molar-refractivity contribution is 6.32. The zero-order valence-electron chi connectivity index (χ0n) is 14.4. The van der Waals surface area contributed by atoms with Crippen molar-refractivity contribution in [2.24, 2.45) is 0 Å². The number of halogens is 3. The van der Waals surface area contributed by atoms with E-state index in [0.29, 0.717) is 16.8 Å². The van der Waals surface area contributed by atoms with Crippen LogP contribution < -0.4 is 10.1 Å². The third-order valence-electron chi connectivity index (χ3n) is 4.33. The summed E-state index contributed by atoms with van der Waals surface area (Å²) in [6.07, 6.45) is 4.77. The van der Waals surface area contributed by atoms with E-state index in [2.05, 4.69) is 17.1 Å². The molecule has 1 aromatic carbocycles. The van der Waals surface area contributed by atoms with Gasteiger partial charge in [0.2, 0.25) is 0 Å². The summed E-state index contributed by atoms with van der Waals surface area (Å²) in [5, 5.41) is 13.7. The molecule has 0 bridgehead atoms. The summed E-state index contributed by atoms with van der Waals surface area (Å²) in [5.41, 5.74) is 1.14. The molecule has 1 heterocycles. The van der Waals surface area contributed by atoms with Gasteiger partial charge in [-0.15, -0.1) is 24.8 Å². The van der Waals surface area contributed by atoms with Gasteiger partial charge in [-0.05, 0) is 24.1 Å². The lowest BCUT2D eigenvalue weighted by Crippen LogP contribution is -2.45. The number of rotatable bonds is 7. The molecule has 140 valence electrons. The van der Waals surface area contributed by atoms with Gasteiger partial charge in [-0.1, -0.05) is 37.8 Å². The normalized spacial score (nSPS) is 16.0. The number of methoxy groups -OCH3 is 1. The number of unbranched alkanes of at least 4 members (excludes halogenated alkanes) is 2. The van der Waals surface area contributed by atoms with Gasteiger partial charge < -0.3 is 15.2 Å². The molecule has 1 aliphatic rings. The van der Waals surface area contributed by atoms with Gasteiger partial charge in [0.1, 0.15) is 0 Å². The van der Waals surface area contributed by atoms with Crippen molar-refractivity contribution in [1.29, 1.82) is 0 Å². The first kappa shape index (κ1) is 23.6. The number of phenols is 1. The van der Waals surface area contributed by atoms with Gasteiger partial charge in [-0.2, -0.15) is 0 Å². The van der Waals surface area contributed by atoms with Gasteiger partial charge >= 0.3 is 0 Å². The van der Waals surface area contributed by atoms with Gasteiger partial charge in [0.25, 0.3) is 0 Å². The summed E-state index contributed by atoms with van der Waals surface area (Å²) < 4.78 is 5.26. The molecule has 0 spiro atoms. The summed E-state index contributed by atoms with van der Waals surface area (Å²) in [6.45, 7) is 6.34. The first-order valence-electron chi connectivity index (χ1n) is 8.18. The highest BCUT2D eigenvalue weighted by atomic mass is 35.5. The number of ether oxygens (including phenoxy) is 1. The molecule has 1 fully saturated rings. The van der Waals surface area contributed by atoms with Crippen LogP contribution in [0, 0.1) is 0 Å². The zero-order chi connectivity index (χ0) is 15.9. The number of phenolic OH excluding ortho intramolecular Hbond substituents is 1. The van der Waals surface area contributed by atoms with Crippen molar-refractivity contribution in [3.05, 3.63) is 22.7 Å². The minimum absolute atomic E-state index is 0. The molecule has 0 aliphatic carbocycles. The Morgan fingerprint density at radius 1 is 1.25 bits per heavy atom. The third-order valence-corrected chi connectivity index (χ3v) is 4.62. The topological polar surface area (TPSA) is 44.7 Å². The largest absolute Gasteiger partial charge is 0.503 e. The van der Waals surface area contributed by atoms with E-state index in [9.17, 15) is 5.11 Å². The van der Waals surface area contributed by atoms with Gasteiger partial charge in [0.05, 0.1) is 12.1 Å². The molecule has 24 heavy (non-hydrogen) atoms. The molecule has 4 nitrogen and oxygen atoms in total. The molecule has 1 atom stereocenters. The summed E-state index contributed by atoms with van der Waals surface area (Å²) in [7, 11) is 1.56. The van der Waals surface area contributed by atoms with Crippen LogP contribution >= 0.6 is 36.4 Å². The molecule has 0 saturated carbocycles. The van der Waals surface area contributed by atoms with Crippen molar-refractivity contribution in [1.82, 2.24) is 10.2 Å². The molecule has 7 heteroatoms. The predicted octanol–water partition coefficient (Wildman–Crippen LogP) is 4.42. The van der Waals surface area contributed by atoms with E-state index in [-0.39, 0.29) is 30.6 Å². The number of nitrogens with zero attached hydrogens (tertiary/aromatic N) is 1. The van der Waals surface area contributed by atoms with Crippen LogP contribution in [-0.4, -0.2) is 43.3 Å². The average Bonchev–Trinajstić information content (AvgIpc) is 2.55. The Hall–Kier alpha value is -0.390. The van der Waals surface area contributed by atoms with Gasteiger partial charge in [0.15, 0.2) is 11.5 Å². The van der Waals surface area contributed by atoms with E-state index in [1.165, 1.54) is 19.3 Å². The van der Waals surface area contributed by atoms with Crippen molar-refractivity contribution < 1.29 is 9.84 Å². The fourth-order valence-corrected chi connectivity index (χ4v) is 3.30. The Morgan fingerprint density at radius 3 is 2.50 bits per heavy atom. The van der Waals surface area contributed by atoms with E-state index >= 15 is 0 Å². The molecule has 0 amide bonds. The number of hydrogen-bond acceptors (Lipinski definition) is 4. The molecule has 1 aliphatic heterocycles. The fraction of sp³-hybridized carbons (Fsp3) is 0.647. The van der Waals surface area contributed by atoms with E-state index < -0.39 is 0 Å². The minimum atomic E-state index is 0. The molecular weight excluding hydrogens is 371 g/mol. The van der Waals surface area contributed by atoms with Crippen LogP contribution in [0.3, 0.4) is 0 Å². The van der Waals surface area contributed by atoms with Crippen molar-refractivity contribution in [3.8, 4) is 11.5 Å². The van der Waals surface area contributed by atoms with E-state index in [1.54, 1.807) is 7.11 Å². The second-order valence-corrected chi connectivity index (χ2v) is 6.26. The summed E-state index contributed by atoms with van der Waals surface area (Å²) in [4.78, 5) is 2.51. The van der Waals surface area contributed by atoms with Crippen molar-refractivity contribution in [3.63, 3.8) is 0 Å². The van der Waals surface area contributed by atoms with E-state index in [0.717, 1.165) is 38.2 Å². The molecule has 2 N–H and O–H groups in total. The van der Waals surface area contributed by atoms with Crippen LogP contribution in [0.2, 0.25) is 5.02 Å². The molecule has 1 aromatic rings. The maximum absolute atomic E-state index is 9.95. The van der Waals surface area contributed by atoms with Crippen LogP contribution in [0.4, 0.5) is 0 Å². The third kappa shape index (κ3) is 6.16. The van der Waals surface area contributed by atoms with Gasteiger partial charge in [-0.25, -0.2) is 0 Å². The first-order chi connectivity index (χ1) is 10.7. The maximum Gasteiger partial charge on any atom is 0.176 e. The monoisotopic (exact) mass is 398 g/mol. The fourth-order valence-electron chi connectivity index (χ4n) is 3.08. The average molecular weight is 400 g/mol. The first-order valence-corrected chi connectivity index (χ1v) is 8.56. The van der Waals surface area contributed by atoms with Gasteiger partial charge in [0, 0.05) is 32.2 Å². The summed E-state index contributed by atoms with van der Waals surface area (Å²) in [5.74, 6) is 0.485. The van der Waals surface area contributed by atoms with Crippen molar-refractivity contribution in [2.45, 2.75) is 38.6 Å². The molecule has 0 unspecified atom stereocenters. The number of nitrogens with one attached hydrogen (secondary N) is 1. The Balaban J connectivity index is 0.00000264. The summed E-state index contributed by atoms with van der Waals surface area (Å²) >= 11 is 6.18.